The van der Waals surface area contributed by atoms with Crippen molar-refractivity contribution in [3.05, 3.63) is 0 Å². The molecule has 1 aliphatic carbocycles. The molecule has 0 saturated heterocycles. The molecule has 18 heavy (non-hydrogen) atoms. The summed E-state index contributed by atoms with van der Waals surface area (Å²) in [6.45, 7) is 7.34. The molecular formula is C15H30INS. The molecule has 0 amide bonds. The standard InChI is InChI=1S/C15H30INS/c1-11(8-10-18)14(17-4)13-6-5-12(16)7-9-15(13,2)3/h11-14,17-18H,5-10H2,1-4H3. The van der Waals surface area contributed by atoms with Crippen molar-refractivity contribution in [2.75, 3.05) is 12.8 Å². The summed E-state index contributed by atoms with van der Waals surface area (Å²) in [5, 5.41) is 3.62. The van der Waals surface area contributed by atoms with E-state index in [2.05, 4.69) is 68.4 Å². The first kappa shape index (κ1) is 17.1. The highest BCUT2D eigenvalue weighted by Crippen LogP contribution is 2.44. The molecule has 0 aromatic carbocycles. The van der Waals surface area contributed by atoms with E-state index in [0.29, 0.717) is 11.5 Å². The molecule has 1 aliphatic rings. The topological polar surface area (TPSA) is 12.0 Å². The molecule has 108 valence electrons. The van der Waals surface area contributed by atoms with Crippen LogP contribution in [0.2, 0.25) is 0 Å². The van der Waals surface area contributed by atoms with Gasteiger partial charge < -0.3 is 5.32 Å². The Morgan fingerprint density at radius 3 is 2.56 bits per heavy atom. The molecule has 1 N–H and O–H groups in total. The predicted octanol–water partition coefficient (Wildman–Crippen LogP) is 4.55. The fourth-order valence-corrected chi connectivity index (χ4v) is 4.62. The zero-order valence-electron chi connectivity index (χ0n) is 12.4. The number of rotatable bonds is 5. The first-order valence-electron chi connectivity index (χ1n) is 7.34. The van der Waals surface area contributed by atoms with E-state index in [0.717, 1.165) is 21.5 Å². The van der Waals surface area contributed by atoms with Gasteiger partial charge in [-0.3, -0.25) is 0 Å². The van der Waals surface area contributed by atoms with E-state index in [1.807, 2.05) is 0 Å². The van der Waals surface area contributed by atoms with Gasteiger partial charge in [0.1, 0.15) is 0 Å². The number of nitrogens with one attached hydrogen (secondary N) is 1. The Balaban J connectivity index is 2.80. The Morgan fingerprint density at radius 1 is 1.33 bits per heavy atom. The predicted molar refractivity (Wildman–Crippen MR) is 94.0 cm³/mol. The summed E-state index contributed by atoms with van der Waals surface area (Å²) in [7, 11) is 2.14. The van der Waals surface area contributed by atoms with Gasteiger partial charge in [0, 0.05) is 9.97 Å². The Hall–Kier alpha value is 1.04. The third-order valence-corrected chi connectivity index (χ3v) is 6.36. The Morgan fingerprint density at radius 2 is 2.00 bits per heavy atom. The Labute approximate surface area is 133 Å². The molecule has 0 aromatic rings. The van der Waals surface area contributed by atoms with Gasteiger partial charge in [-0.15, -0.1) is 0 Å². The highest BCUT2D eigenvalue weighted by atomic mass is 127. The molecular weight excluding hydrogens is 353 g/mol. The van der Waals surface area contributed by atoms with Crippen LogP contribution in [0, 0.1) is 17.3 Å². The lowest BCUT2D eigenvalue weighted by Gasteiger charge is -2.41. The number of hydrogen-bond acceptors (Lipinski definition) is 2. The largest absolute Gasteiger partial charge is 0.316 e. The smallest absolute Gasteiger partial charge is 0.0123 e. The third kappa shape index (κ3) is 4.55. The molecule has 4 atom stereocenters. The van der Waals surface area contributed by atoms with Crippen LogP contribution >= 0.6 is 35.2 Å². The number of halogens is 1. The summed E-state index contributed by atoms with van der Waals surface area (Å²) < 4.78 is 0.879. The van der Waals surface area contributed by atoms with Crippen LogP contribution in [0.4, 0.5) is 0 Å². The third-order valence-electron chi connectivity index (χ3n) is 4.86. The van der Waals surface area contributed by atoms with Crippen LogP contribution in [0.1, 0.15) is 52.9 Å². The van der Waals surface area contributed by atoms with Crippen LogP contribution in [0.25, 0.3) is 0 Å². The SMILES string of the molecule is CNC(C(C)CCS)C1CCC(I)CCC1(C)C. The zero-order chi connectivity index (χ0) is 13.8. The van der Waals surface area contributed by atoms with Crippen molar-refractivity contribution in [1.82, 2.24) is 5.32 Å². The number of alkyl halides is 1. The molecule has 0 radical (unpaired) electrons. The van der Waals surface area contributed by atoms with E-state index in [1.165, 1.54) is 32.1 Å². The van der Waals surface area contributed by atoms with E-state index < -0.39 is 0 Å². The quantitative estimate of drug-likeness (QED) is 0.307. The maximum Gasteiger partial charge on any atom is 0.0123 e. The molecule has 3 heteroatoms. The molecule has 4 unspecified atom stereocenters. The summed E-state index contributed by atoms with van der Waals surface area (Å²) in [5.74, 6) is 2.53. The van der Waals surface area contributed by atoms with Crippen molar-refractivity contribution in [3.63, 3.8) is 0 Å². The van der Waals surface area contributed by atoms with Crippen molar-refractivity contribution in [2.45, 2.75) is 62.8 Å². The summed E-state index contributed by atoms with van der Waals surface area (Å²) in [6, 6.07) is 0.647. The summed E-state index contributed by atoms with van der Waals surface area (Å²) in [5.41, 5.74) is 0.471. The van der Waals surface area contributed by atoms with E-state index >= 15 is 0 Å². The summed E-state index contributed by atoms with van der Waals surface area (Å²) in [6.07, 6.45) is 6.75. The average molecular weight is 383 g/mol. The van der Waals surface area contributed by atoms with Gasteiger partial charge in [0.2, 0.25) is 0 Å². The van der Waals surface area contributed by atoms with Crippen LogP contribution in [0.3, 0.4) is 0 Å². The van der Waals surface area contributed by atoms with E-state index in [4.69, 9.17) is 0 Å². The lowest BCUT2D eigenvalue weighted by atomic mass is 9.68. The zero-order valence-corrected chi connectivity index (χ0v) is 15.4. The highest BCUT2D eigenvalue weighted by Gasteiger charge is 2.38. The van der Waals surface area contributed by atoms with Gasteiger partial charge in [-0.05, 0) is 62.2 Å². The maximum absolute atomic E-state index is 4.41. The fraction of sp³-hybridized carbons (Fsp3) is 1.00. The maximum atomic E-state index is 4.41. The molecule has 1 rings (SSSR count). The van der Waals surface area contributed by atoms with Crippen molar-refractivity contribution in [2.24, 2.45) is 17.3 Å². The van der Waals surface area contributed by atoms with Crippen molar-refractivity contribution in [3.8, 4) is 0 Å². The van der Waals surface area contributed by atoms with Gasteiger partial charge in [0.15, 0.2) is 0 Å². The molecule has 0 aliphatic heterocycles. The second-order valence-corrected chi connectivity index (χ2v) is 8.82. The molecule has 1 nitrogen and oxygen atoms in total. The van der Waals surface area contributed by atoms with E-state index in [9.17, 15) is 0 Å². The molecule has 1 fully saturated rings. The number of hydrogen-bond donors (Lipinski definition) is 2. The lowest BCUT2D eigenvalue weighted by Crippen LogP contribution is -2.45. The second-order valence-electron chi connectivity index (χ2n) is 6.61. The van der Waals surface area contributed by atoms with Gasteiger partial charge in [-0.1, -0.05) is 43.4 Å². The van der Waals surface area contributed by atoms with Gasteiger partial charge in [-0.25, -0.2) is 0 Å². The van der Waals surface area contributed by atoms with Crippen LogP contribution in [0.15, 0.2) is 0 Å². The van der Waals surface area contributed by atoms with Crippen LogP contribution < -0.4 is 5.32 Å². The first-order valence-corrected chi connectivity index (χ1v) is 9.22. The van der Waals surface area contributed by atoms with E-state index in [-0.39, 0.29) is 0 Å². The molecule has 0 aromatic heterocycles. The van der Waals surface area contributed by atoms with Gasteiger partial charge >= 0.3 is 0 Å². The van der Waals surface area contributed by atoms with Gasteiger partial charge in [0.25, 0.3) is 0 Å². The van der Waals surface area contributed by atoms with Crippen molar-refractivity contribution in [1.29, 1.82) is 0 Å². The summed E-state index contributed by atoms with van der Waals surface area (Å²) in [4.78, 5) is 0. The number of thiol groups is 1. The van der Waals surface area contributed by atoms with Crippen LogP contribution in [-0.2, 0) is 0 Å². The normalized spacial score (nSPS) is 31.7. The minimum absolute atomic E-state index is 0.471. The average Bonchev–Trinajstić information content (AvgIpc) is 2.43. The Bertz CT molecular complexity index is 245. The first-order chi connectivity index (χ1) is 8.42. The molecule has 0 heterocycles. The van der Waals surface area contributed by atoms with Crippen LogP contribution in [-0.4, -0.2) is 22.8 Å². The van der Waals surface area contributed by atoms with Gasteiger partial charge in [-0.2, -0.15) is 12.6 Å². The van der Waals surface area contributed by atoms with Crippen LogP contribution in [0.5, 0.6) is 0 Å². The van der Waals surface area contributed by atoms with Crippen molar-refractivity contribution < 1.29 is 0 Å². The minimum atomic E-state index is 0.471. The van der Waals surface area contributed by atoms with E-state index in [1.54, 1.807) is 0 Å². The molecule has 1 saturated carbocycles. The minimum Gasteiger partial charge on any atom is -0.316 e. The van der Waals surface area contributed by atoms with Gasteiger partial charge in [0.05, 0.1) is 0 Å². The molecule has 0 bridgehead atoms. The lowest BCUT2D eigenvalue weighted by molar-refractivity contribution is 0.120. The monoisotopic (exact) mass is 383 g/mol. The second kappa shape index (κ2) is 7.72. The van der Waals surface area contributed by atoms with Crippen molar-refractivity contribution >= 4 is 35.2 Å². The Kier molecular flexibility index (Phi) is 7.34. The summed E-state index contributed by atoms with van der Waals surface area (Å²) >= 11 is 7.05. The highest BCUT2D eigenvalue weighted by molar-refractivity contribution is 14.1. The molecule has 0 spiro atoms. The fourth-order valence-electron chi connectivity index (χ4n) is 3.54.